The van der Waals surface area contributed by atoms with Crippen molar-refractivity contribution < 1.29 is 4.74 Å². The molecule has 0 spiro atoms. The molecule has 0 bridgehead atoms. The van der Waals surface area contributed by atoms with Crippen molar-refractivity contribution in [2.45, 2.75) is 46.1 Å². The molecule has 3 heteroatoms. The van der Waals surface area contributed by atoms with Crippen molar-refractivity contribution in [3.05, 3.63) is 23.9 Å². The Morgan fingerprint density at radius 3 is 2.65 bits per heavy atom. The van der Waals surface area contributed by atoms with E-state index in [-0.39, 0.29) is 0 Å². The first kappa shape index (κ1) is 14.0. The first-order valence-corrected chi connectivity index (χ1v) is 6.56. The van der Waals surface area contributed by atoms with E-state index < -0.39 is 0 Å². The van der Waals surface area contributed by atoms with Crippen LogP contribution >= 0.6 is 0 Å². The van der Waals surface area contributed by atoms with E-state index in [9.17, 15) is 0 Å². The van der Waals surface area contributed by atoms with Crippen LogP contribution in [0.5, 0.6) is 5.88 Å². The summed E-state index contributed by atoms with van der Waals surface area (Å²) in [7, 11) is 0. The lowest BCUT2D eigenvalue weighted by Crippen LogP contribution is -2.32. The quantitative estimate of drug-likeness (QED) is 0.790. The Labute approximate surface area is 105 Å². The van der Waals surface area contributed by atoms with E-state index in [4.69, 9.17) is 4.74 Å². The van der Waals surface area contributed by atoms with Gasteiger partial charge in [0.05, 0.1) is 6.61 Å². The van der Waals surface area contributed by atoms with Crippen molar-refractivity contribution in [1.82, 2.24) is 10.3 Å². The van der Waals surface area contributed by atoms with E-state index in [0.29, 0.717) is 18.6 Å². The van der Waals surface area contributed by atoms with E-state index in [2.05, 4.69) is 37.1 Å². The van der Waals surface area contributed by atoms with Gasteiger partial charge in [0.1, 0.15) is 0 Å². The minimum Gasteiger partial charge on any atom is -0.478 e. The second-order valence-corrected chi connectivity index (χ2v) is 4.19. The summed E-state index contributed by atoms with van der Waals surface area (Å²) in [6.45, 7) is 10.2. The summed E-state index contributed by atoms with van der Waals surface area (Å²) in [5.74, 6) is 1.17. The van der Waals surface area contributed by atoms with Gasteiger partial charge in [-0.2, -0.15) is 0 Å². The number of likely N-dealkylation sites (N-methyl/N-ethyl adjacent to an activating group) is 1. The average molecular weight is 236 g/mol. The van der Waals surface area contributed by atoms with E-state index in [1.807, 2.05) is 19.1 Å². The third kappa shape index (κ3) is 4.00. The van der Waals surface area contributed by atoms with Gasteiger partial charge in [-0.15, -0.1) is 0 Å². The van der Waals surface area contributed by atoms with E-state index in [1.54, 1.807) is 0 Å². The van der Waals surface area contributed by atoms with Gasteiger partial charge in [0.2, 0.25) is 5.88 Å². The van der Waals surface area contributed by atoms with Gasteiger partial charge in [-0.25, -0.2) is 4.98 Å². The fourth-order valence-electron chi connectivity index (χ4n) is 2.15. The lowest BCUT2D eigenvalue weighted by molar-refractivity contribution is 0.323. The molecule has 0 radical (unpaired) electrons. The van der Waals surface area contributed by atoms with Crippen molar-refractivity contribution in [1.29, 1.82) is 0 Å². The zero-order valence-electron chi connectivity index (χ0n) is 11.4. The van der Waals surface area contributed by atoms with E-state index in [0.717, 1.165) is 24.5 Å². The number of hydrogen-bond donors (Lipinski definition) is 1. The Hall–Kier alpha value is -1.09. The van der Waals surface area contributed by atoms with Crippen LogP contribution < -0.4 is 10.1 Å². The maximum Gasteiger partial charge on any atom is 0.213 e. The van der Waals surface area contributed by atoms with E-state index in [1.165, 1.54) is 0 Å². The topological polar surface area (TPSA) is 34.1 Å². The standard InChI is InChI=1S/C14H24N2O/c1-5-12(11(4)15-6-2)13-9-8-10-14(16-13)17-7-3/h8-12,15H,5-7H2,1-4H3. The van der Waals surface area contributed by atoms with Gasteiger partial charge < -0.3 is 10.1 Å². The maximum absolute atomic E-state index is 5.45. The van der Waals surface area contributed by atoms with Crippen molar-refractivity contribution in [2.75, 3.05) is 13.2 Å². The first-order chi connectivity index (χ1) is 8.22. The minimum atomic E-state index is 0.439. The molecule has 0 fully saturated rings. The molecular formula is C14H24N2O. The largest absolute Gasteiger partial charge is 0.478 e. The third-order valence-corrected chi connectivity index (χ3v) is 2.99. The molecule has 0 saturated carbocycles. The van der Waals surface area contributed by atoms with Crippen LogP contribution in [0.1, 0.15) is 45.7 Å². The highest BCUT2D eigenvalue weighted by Crippen LogP contribution is 2.23. The van der Waals surface area contributed by atoms with Gasteiger partial charge >= 0.3 is 0 Å². The SMILES string of the molecule is CCNC(C)C(CC)c1cccc(OCC)n1. The van der Waals surface area contributed by atoms with Crippen molar-refractivity contribution >= 4 is 0 Å². The molecule has 1 aromatic rings. The Balaban J connectivity index is 2.83. The predicted molar refractivity (Wildman–Crippen MR) is 71.6 cm³/mol. The van der Waals surface area contributed by atoms with Gasteiger partial charge in [0.25, 0.3) is 0 Å². The highest BCUT2D eigenvalue weighted by molar-refractivity contribution is 5.19. The van der Waals surface area contributed by atoms with E-state index >= 15 is 0 Å². The molecule has 1 aromatic heterocycles. The van der Waals surface area contributed by atoms with Gasteiger partial charge in [0, 0.05) is 23.7 Å². The van der Waals surface area contributed by atoms with Crippen molar-refractivity contribution in [3.63, 3.8) is 0 Å². The summed E-state index contributed by atoms with van der Waals surface area (Å²) in [5, 5.41) is 3.47. The summed E-state index contributed by atoms with van der Waals surface area (Å²) < 4.78 is 5.45. The minimum absolute atomic E-state index is 0.439. The van der Waals surface area contributed by atoms with Crippen LogP contribution in [0.4, 0.5) is 0 Å². The molecule has 96 valence electrons. The number of rotatable bonds is 7. The second-order valence-electron chi connectivity index (χ2n) is 4.19. The van der Waals surface area contributed by atoms with Gasteiger partial charge in [-0.05, 0) is 32.9 Å². The van der Waals surface area contributed by atoms with Crippen LogP contribution in [0.3, 0.4) is 0 Å². The Morgan fingerprint density at radius 1 is 1.29 bits per heavy atom. The van der Waals surface area contributed by atoms with Crippen molar-refractivity contribution in [3.8, 4) is 5.88 Å². The summed E-state index contributed by atoms with van der Waals surface area (Å²) in [6, 6.07) is 6.46. The Kier molecular flexibility index (Phi) is 5.98. The summed E-state index contributed by atoms with van der Waals surface area (Å²) in [6.07, 6.45) is 1.08. The van der Waals surface area contributed by atoms with Crippen LogP contribution in [0.15, 0.2) is 18.2 Å². The number of ether oxygens (including phenoxy) is 1. The van der Waals surface area contributed by atoms with Gasteiger partial charge in [0.15, 0.2) is 0 Å². The number of pyridine rings is 1. The molecule has 0 aromatic carbocycles. The highest BCUT2D eigenvalue weighted by atomic mass is 16.5. The summed E-state index contributed by atoms with van der Waals surface area (Å²) >= 11 is 0. The molecule has 1 rings (SSSR count). The first-order valence-electron chi connectivity index (χ1n) is 6.56. The Bertz CT molecular complexity index is 328. The number of nitrogens with one attached hydrogen (secondary N) is 1. The molecule has 17 heavy (non-hydrogen) atoms. The molecule has 0 aliphatic heterocycles. The highest BCUT2D eigenvalue weighted by Gasteiger charge is 2.18. The molecule has 1 heterocycles. The number of hydrogen-bond acceptors (Lipinski definition) is 3. The Morgan fingerprint density at radius 2 is 2.06 bits per heavy atom. The molecule has 1 N–H and O–H groups in total. The lowest BCUT2D eigenvalue weighted by Gasteiger charge is -2.23. The van der Waals surface area contributed by atoms with Crippen LogP contribution in [0.25, 0.3) is 0 Å². The monoisotopic (exact) mass is 236 g/mol. The molecule has 2 atom stereocenters. The molecular weight excluding hydrogens is 212 g/mol. The maximum atomic E-state index is 5.45. The summed E-state index contributed by atoms with van der Waals surface area (Å²) in [5.41, 5.74) is 1.12. The molecule has 0 aliphatic rings. The lowest BCUT2D eigenvalue weighted by atomic mass is 9.94. The number of aromatic nitrogens is 1. The van der Waals surface area contributed by atoms with Crippen molar-refractivity contribution in [2.24, 2.45) is 0 Å². The van der Waals surface area contributed by atoms with Crippen LogP contribution in [0.2, 0.25) is 0 Å². The van der Waals surface area contributed by atoms with Crippen LogP contribution in [0, 0.1) is 0 Å². The zero-order chi connectivity index (χ0) is 12.7. The van der Waals surface area contributed by atoms with Gasteiger partial charge in [-0.1, -0.05) is 19.9 Å². The second kappa shape index (κ2) is 7.28. The molecule has 0 saturated heterocycles. The predicted octanol–water partition coefficient (Wildman–Crippen LogP) is 2.97. The smallest absolute Gasteiger partial charge is 0.213 e. The fraction of sp³-hybridized carbons (Fsp3) is 0.643. The molecule has 0 aliphatic carbocycles. The normalized spacial score (nSPS) is 14.4. The van der Waals surface area contributed by atoms with Crippen LogP contribution in [-0.2, 0) is 0 Å². The average Bonchev–Trinajstić information content (AvgIpc) is 2.31. The van der Waals surface area contributed by atoms with Gasteiger partial charge in [-0.3, -0.25) is 0 Å². The molecule has 3 nitrogen and oxygen atoms in total. The molecule has 0 amide bonds. The summed E-state index contributed by atoms with van der Waals surface area (Å²) in [4.78, 5) is 4.57. The zero-order valence-corrected chi connectivity index (χ0v) is 11.4. The van der Waals surface area contributed by atoms with Crippen LogP contribution in [-0.4, -0.2) is 24.2 Å². The molecule has 2 unspecified atom stereocenters. The third-order valence-electron chi connectivity index (χ3n) is 2.99. The number of nitrogens with zero attached hydrogens (tertiary/aromatic N) is 1. The fourth-order valence-corrected chi connectivity index (χ4v) is 2.15.